The summed E-state index contributed by atoms with van der Waals surface area (Å²) in [6.07, 6.45) is 15.0. The summed E-state index contributed by atoms with van der Waals surface area (Å²) in [6, 6.07) is 122. The summed E-state index contributed by atoms with van der Waals surface area (Å²) in [5, 5.41) is 0. The molecular weight excluding hydrogens is 1510 g/mol. The van der Waals surface area contributed by atoms with Crippen LogP contribution in [0.4, 0.5) is 34.1 Å². The van der Waals surface area contributed by atoms with E-state index in [9.17, 15) is 0 Å². The van der Waals surface area contributed by atoms with E-state index in [0.29, 0.717) is 28.6 Å². The maximum Gasteiger partial charge on any atom is 0.0467 e. The van der Waals surface area contributed by atoms with Gasteiger partial charge in [0.2, 0.25) is 0 Å². The lowest BCUT2D eigenvalue weighted by Crippen LogP contribution is -2.73. The average Bonchev–Trinajstić information content (AvgIpc) is 1.45. The normalized spacial score (nSPS) is 28.4. The van der Waals surface area contributed by atoms with Crippen LogP contribution in [0, 0.1) is 58.2 Å². The maximum atomic E-state index is 2.83. The lowest BCUT2D eigenvalue weighted by atomic mass is 9.27. The molecule has 14 aromatic rings. The van der Waals surface area contributed by atoms with Crippen molar-refractivity contribution in [2.75, 3.05) is 9.80 Å². The first-order chi connectivity index (χ1) is 60.5. The molecule has 0 saturated heterocycles. The minimum Gasteiger partial charge on any atom is -0.310 e. The third-order valence-corrected chi connectivity index (χ3v) is 37.5. The molecule has 0 aromatic heterocycles. The van der Waals surface area contributed by atoms with Gasteiger partial charge in [-0.15, -0.1) is 0 Å². The Bertz CT molecular complexity index is 6960. The Morgan fingerprint density at radius 2 is 0.600 bits per heavy atom. The highest BCUT2D eigenvalue weighted by molar-refractivity contribution is 5.92. The molecular formula is C123H112N2. The van der Waals surface area contributed by atoms with Crippen molar-refractivity contribution < 1.29 is 0 Å². The molecule has 2 heteroatoms. The topological polar surface area (TPSA) is 6.48 Å². The third-order valence-electron chi connectivity index (χ3n) is 37.5. The van der Waals surface area contributed by atoms with Gasteiger partial charge in [-0.3, -0.25) is 0 Å². The molecule has 13 aliphatic rings. The van der Waals surface area contributed by atoms with E-state index in [1.54, 1.807) is 22.3 Å². The fourth-order valence-corrected chi connectivity index (χ4v) is 31.9. The van der Waals surface area contributed by atoms with Gasteiger partial charge in [-0.1, -0.05) is 294 Å². The minimum absolute atomic E-state index is 0.0319. The molecule has 0 radical (unpaired) electrons. The molecule has 8 fully saturated rings. The minimum atomic E-state index is -0.135. The molecule has 13 atom stereocenters. The van der Waals surface area contributed by atoms with Crippen molar-refractivity contribution in [3.8, 4) is 89.0 Å². The van der Waals surface area contributed by atoms with E-state index in [0.717, 1.165) is 59.0 Å². The number of hydrogen-bond acceptors (Lipinski definition) is 2. The zero-order chi connectivity index (χ0) is 83.7. The molecule has 2 nitrogen and oxygen atoms in total. The first kappa shape index (κ1) is 74.0. The highest BCUT2D eigenvalue weighted by Gasteiger charge is 2.86. The van der Waals surface area contributed by atoms with Crippen molar-refractivity contribution in [1.29, 1.82) is 0 Å². The van der Waals surface area contributed by atoms with Crippen LogP contribution in [0.1, 0.15) is 207 Å². The van der Waals surface area contributed by atoms with Gasteiger partial charge in [0.15, 0.2) is 0 Å². The Kier molecular flexibility index (Phi) is 14.8. The van der Waals surface area contributed by atoms with Crippen LogP contribution in [-0.2, 0) is 37.9 Å². The Balaban J connectivity index is 0.508. The number of fused-ring (bicyclic) bond motifs is 21. The van der Waals surface area contributed by atoms with E-state index in [4.69, 9.17) is 0 Å². The molecule has 13 unspecified atom stereocenters. The summed E-state index contributed by atoms with van der Waals surface area (Å²) in [6.45, 7) is 24.9. The smallest absolute Gasteiger partial charge is 0.0467 e. The van der Waals surface area contributed by atoms with E-state index in [2.05, 4.69) is 388 Å². The van der Waals surface area contributed by atoms with Crippen molar-refractivity contribution >= 4 is 34.1 Å². The summed E-state index contributed by atoms with van der Waals surface area (Å²) in [7, 11) is 0. The fraction of sp³-hybridized carbons (Fsp3) is 0.317. The van der Waals surface area contributed by atoms with Crippen LogP contribution in [0.25, 0.3) is 89.0 Å². The largest absolute Gasteiger partial charge is 0.310 e. The van der Waals surface area contributed by atoms with Crippen molar-refractivity contribution in [2.24, 2.45) is 58.2 Å². The van der Waals surface area contributed by atoms with Crippen LogP contribution in [-0.4, -0.2) is 0 Å². The molecule has 4 bridgehead atoms. The Morgan fingerprint density at radius 1 is 0.232 bits per heavy atom. The van der Waals surface area contributed by atoms with Crippen LogP contribution >= 0.6 is 0 Å². The van der Waals surface area contributed by atoms with Gasteiger partial charge in [-0.05, 0) is 392 Å². The van der Waals surface area contributed by atoms with E-state index in [-0.39, 0.29) is 37.9 Å². The average molecular weight is 1620 g/mol. The molecule has 13 aliphatic carbocycles. The van der Waals surface area contributed by atoms with E-state index in [1.807, 2.05) is 0 Å². The predicted octanol–water partition coefficient (Wildman–Crippen LogP) is 32.0. The Hall–Kier alpha value is -11.3. The zero-order valence-electron chi connectivity index (χ0n) is 74.3. The summed E-state index contributed by atoms with van der Waals surface area (Å²) in [5.41, 5.74) is 46.5. The quantitative estimate of drug-likeness (QED) is 0.120. The number of hydrogen-bond donors (Lipinski definition) is 0. The molecule has 4 spiro atoms. The van der Waals surface area contributed by atoms with Crippen LogP contribution in [0.2, 0.25) is 0 Å². The van der Waals surface area contributed by atoms with E-state index >= 15 is 0 Å². The molecule has 0 aliphatic heterocycles. The molecule has 614 valence electrons. The van der Waals surface area contributed by atoms with Crippen LogP contribution < -0.4 is 9.80 Å². The highest BCUT2D eigenvalue weighted by atomic mass is 15.1. The number of rotatable bonds is 12. The van der Waals surface area contributed by atoms with Crippen LogP contribution in [0.15, 0.2) is 309 Å². The summed E-state index contributed by atoms with van der Waals surface area (Å²) < 4.78 is 0. The van der Waals surface area contributed by atoms with Gasteiger partial charge in [0.05, 0.1) is 0 Å². The fourth-order valence-electron chi connectivity index (χ4n) is 31.9. The SMILES string of the molecule is CC1(C)CCC(C)(C)c2cc(-c3cccc(N(c4ccc(-c5ccc6c(c5)C5(c7cc(C8CC(C)(C)c9cc(-c%10cccc(N(c%11ccc(-c%12ccccc%12)cc%11)c%11ccc(-c%12ccc%13c(c%12)C%12(c%14ccccc%14-%13)C%13CC%14CC%15CC%12C%15%13C%14)cc%11)c%10)ccc9C8(C)C)ccc7-6)C6CC7CC8CC5C86C7)cc4)c4ccc5c(c4)C(C)(C)c4ccccc4-5)c3)ccc21. The van der Waals surface area contributed by atoms with Gasteiger partial charge in [0, 0.05) is 50.4 Å². The Labute approximate surface area is 740 Å². The predicted molar refractivity (Wildman–Crippen MR) is 518 cm³/mol. The van der Waals surface area contributed by atoms with Gasteiger partial charge < -0.3 is 9.80 Å². The molecule has 0 amide bonds. The zero-order valence-corrected chi connectivity index (χ0v) is 74.3. The lowest BCUT2D eigenvalue weighted by Gasteiger charge is -2.76. The summed E-state index contributed by atoms with van der Waals surface area (Å²) in [4.78, 5) is 5.02. The summed E-state index contributed by atoms with van der Waals surface area (Å²) in [5.74, 6) is 6.97. The van der Waals surface area contributed by atoms with Crippen LogP contribution in [0.3, 0.4) is 0 Å². The van der Waals surface area contributed by atoms with Crippen molar-refractivity contribution in [2.45, 2.75) is 184 Å². The van der Waals surface area contributed by atoms with Crippen molar-refractivity contribution in [3.63, 3.8) is 0 Å². The van der Waals surface area contributed by atoms with Crippen LogP contribution in [0.5, 0.6) is 0 Å². The van der Waals surface area contributed by atoms with Gasteiger partial charge in [-0.25, -0.2) is 0 Å². The second-order valence-electron chi connectivity index (χ2n) is 44.8. The molecule has 27 rings (SSSR count). The van der Waals surface area contributed by atoms with Gasteiger partial charge in [-0.2, -0.15) is 0 Å². The van der Waals surface area contributed by atoms with Gasteiger partial charge >= 0.3 is 0 Å². The standard InChI is InChI=1S/C123H112N2/c1-115(2)54-55-116(3,4)108-64-83(39-52-102(108)115)80-23-19-25-92(61-80)125(93-47-51-96-94-26-14-16-28-100(94)118(7,8)104(96)69-93)90-45-34-78(35-46-90)82-37-49-98-99-50-38-85(66-107(99)123(106(98)63-82)112-59-74-57-87-68-114(123)121(87,112)71-74)110-72-117(5,6)109-65-84(40-53-103(109)119(110,9)10)79-22-18-24-91(60-79)124(88-41-30-76(31-42-88)75-20-12-11-13-21-75)89-43-32-77(33-44-89)81-36-48-97-95-27-15-17-29-101(95)122(105(97)62-81)111-58-73-56-86-67-113(122)120(86,111)70-73/h11-53,60-66,69,73-74,86-87,110-114H,54-59,67-68,70-72H2,1-10H3. The molecule has 0 heterocycles. The molecule has 0 N–H and O–H groups in total. The first-order valence-electron chi connectivity index (χ1n) is 47.8. The van der Waals surface area contributed by atoms with Crippen molar-refractivity contribution in [1.82, 2.24) is 0 Å². The van der Waals surface area contributed by atoms with Gasteiger partial charge in [0.25, 0.3) is 0 Å². The van der Waals surface area contributed by atoms with Gasteiger partial charge in [0.1, 0.15) is 0 Å². The number of nitrogens with zero attached hydrogens (tertiary/aromatic N) is 2. The molecule has 8 saturated carbocycles. The Morgan fingerprint density at radius 3 is 1.16 bits per heavy atom. The second kappa shape index (κ2) is 25.1. The number of benzene rings is 14. The second-order valence-corrected chi connectivity index (χ2v) is 44.8. The lowest BCUT2D eigenvalue weighted by molar-refractivity contribution is -0.231. The summed E-state index contributed by atoms with van der Waals surface area (Å²) >= 11 is 0. The number of anilines is 6. The first-order valence-corrected chi connectivity index (χ1v) is 47.8. The highest BCUT2D eigenvalue weighted by Crippen LogP contribution is 2.91. The van der Waals surface area contributed by atoms with E-state index < -0.39 is 0 Å². The monoisotopic (exact) mass is 1620 g/mol. The molecule has 125 heavy (non-hydrogen) atoms. The van der Waals surface area contributed by atoms with E-state index in [1.165, 1.54) is 209 Å². The maximum absolute atomic E-state index is 2.83. The third kappa shape index (κ3) is 9.63. The van der Waals surface area contributed by atoms with Crippen molar-refractivity contribution in [3.05, 3.63) is 371 Å². The molecule has 14 aromatic carbocycles.